The molecule has 0 aliphatic carbocycles. The second-order valence-corrected chi connectivity index (χ2v) is 6.75. The van der Waals surface area contributed by atoms with Crippen molar-refractivity contribution in [1.82, 2.24) is 15.2 Å². The van der Waals surface area contributed by atoms with Crippen LogP contribution in [-0.2, 0) is 16.1 Å². The van der Waals surface area contributed by atoms with Crippen LogP contribution in [0.2, 0.25) is 5.02 Å². The maximum atomic E-state index is 12.7. The lowest BCUT2D eigenvalue weighted by Crippen LogP contribution is -2.51. The molecule has 1 aromatic rings. The zero-order valence-electron chi connectivity index (χ0n) is 12.5. The van der Waals surface area contributed by atoms with Crippen LogP contribution in [0.25, 0.3) is 0 Å². The molecule has 1 aromatic heterocycles. The normalized spacial score (nSPS) is 20.2. The van der Waals surface area contributed by atoms with Crippen LogP contribution in [0.4, 0.5) is 0 Å². The third kappa shape index (κ3) is 3.73. The molecule has 0 saturated carbocycles. The first-order valence-corrected chi connectivity index (χ1v) is 7.33. The molecule has 114 valence electrons. The topological polar surface area (TPSA) is 62.3 Å². The maximum absolute atomic E-state index is 12.7. The summed E-state index contributed by atoms with van der Waals surface area (Å²) in [5.41, 5.74) is 0.499. The van der Waals surface area contributed by atoms with E-state index in [1.54, 1.807) is 23.4 Å². The molecule has 0 bridgehead atoms. The monoisotopic (exact) mass is 309 g/mol. The maximum Gasteiger partial charge on any atom is 0.246 e. The molecule has 2 heterocycles. The number of nitrogens with zero attached hydrogens (tertiary/aromatic N) is 2. The molecule has 6 heteroatoms. The number of carbonyl (C=O) groups is 2. The van der Waals surface area contributed by atoms with E-state index >= 15 is 0 Å². The standard InChI is InChI=1S/C15H20ClN3O2/c1-15(2,3)13-14(21)19(7-5-12(20)18-13)9-10-4-6-17-8-11(10)16/h4,6,8,13H,5,7,9H2,1-3H3,(H,18,20). The Labute approximate surface area is 129 Å². The molecule has 1 fully saturated rings. The van der Waals surface area contributed by atoms with Gasteiger partial charge in [-0.2, -0.15) is 0 Å². The zero-order chi connectivity index (χ0) is 15.6. The molecule has 0 aromatic carbocycles. The molecule has 0 radical (unpaired) electrons. The van der Waals surface area contributed by atoms with Gasteiger partial charge < -0.3 is 10.2 Å². The Hall–Kier alpha value is -1.62. The summed E-state index contributed by atoms with van der Waals surface area (Å²) in [6.45, 7) is 6.62. The summed E-state index contributed by atoms with van der Waals surface area (Å²) >= 11 is 6.10. The molecule has 2 rings (SSSR count). The lowest BCUT2D eigenvalue weighted by atomic mass is 9.86. The molecular weight excluding hydrogens is 290 g/mol. The quantitative estimate of drug-likeness (QED) is 0.909. The molecular formula is C15H20ClN3O2. The van der Waals surface area contributed by atoms with Crippen LogP contribution in [0, 0.1) is 5.41 Å². The van der Waals surface area contributed by atoms with Gasteiger partial charge in [-0.1, -0.05) is 32.4 Å². The smallest absolute Gasteiger partial charge is 0.246 e. The number of hydrogen-bond acceptors (Lipinski definition) is 3. The van der Waals surface area contributed by atoms with Crippen molar-refractivity contribution in [3.63, 3.8) is 0 Å². The van der Waals surface area contributed by atoms with Crippen molar-refractivity contribution in [2.45, 2.75) is 39.8 Å². The van der Waals surface area contributed by atoms with Gasteiger partial charge in [0.2, 0.25) is 11.8 Å². The summed E-state index contributed by atoms with van der Waals surface area (Å²) in [5.74, 6) is -0.159. The van der Waals surface area contributed by atoms with E-state index in [4.69, 9.17) is 11.6 Å². The highest BCUT2D eigenvalue weighted by atomic mass is 35.5. The van der Waals surface area contributed by atoms with Gasteiger partial charge in [0, 0.05) is 31.9 Å². The molecule has 1 saturated heterocycles. The minimum absolute atomic E-state index is 0.0683. The first-order valence-electron chi connectivity index (χ1n) is 6.95. The highest BCUT2D eigenvalue weighted by Crippen LogP contribution is 2.25. The number of nitrogens with one attached hydrogen (secondary N) is 1. The molecule has 0 spiro atoms. The minimum atomic E-state index is -0.520. The van der Waals surface area contributed by atoms with Crippen LogP contribution in [0.3, 0.4) is 0 Å². The van der Waals surface area contributed by atoms with Crippen molar-refractivity contribution in [3.05, 3.63) is 29.0 Å². The van der Waals surface area contributed by atoms with E-state index in [1.807, 2.05) is 20.8 Å². The van der Waals surface area contributed by atoms with Gasteiger partial charge in [-0.3, -0.25) is 14.6 Å². The average Bonchev–Trinajstić information content (AvgIpc) is 2.53. The first kappa shape index (κ1) is 15.8. The number of hydrogen-bond donors (Lipinski definition) is 1. The van der Waals surface area contributed by atoms with E-state index in [1.165, 1.54) is 0 Å². The van der Waals surface area contributed by atoms with Gasteiger partial charge in [-0.15, -0.1) is 0 Å². The average molecular weight is 310 g/mol. The number of carbonyl (C=O) groups excluding carboxylic acids is 2. The summed E-state index contributed by atoms with van der Waals surface area (Å²) in [6.07, 6.45) is 3.51. The fraction of sp³-hybridized carbons (Fsp3) is 0.533. The molecule has 2 amide bonds. The van der Waals surface area contributed by atoms with Gasteiger partial charge in [0.25, 0.3) is 0 Å². The summed E-state index contributed by atoms with van der Waals surface area (Å²) in [5, 5.41) is 3.35. The van der Waals surface area contributed by atoms with Crippen molar-refractivity contribution in [2.24, 2.45) is 5.41 Å². The van der Waals surface area contributed by atoms with Gasteiger partial charge in [-0.25, -0.2) is 0 Å². The number of amides is 2. The van der Waals surface area contributed by atoms with Crippen LogP contribution in [0.15, 0.2) is 18.5 Å². The Bertz CT molecular complexity index is 554. The highest BCUT2D eigenvalue weighted by molar-refractivity contribution is 6.31. The van der Waals surface area contributed by atoms with Crippen LogP contribution >= 0.6 is 11.6 Å². The fourth-order valence-electron chi connectivity index (χ4n) is 2.31. The van der Waals surface area contributed by atoms with Gasteiger partial charge in [0.05, 0.1) is 5.02 Å². The van der Waals surface area contributed by atoms with Crippen molar-refractivity contribution < 1.29 is 9.59 Å². The van der Waals surface area contributed by atoms with Crippen LogP contribution in [0.1, 0.15) is 32.8 Å². The molecule has 1 N–H and O–H groups in total. The highest BCUT2D eigenvalue weighted by Gasteiger charge is 2.37. The van der Waals surface area contributed by atoms with Crippen LogP contribution < -0.4 is 5.32 Å². The van der Waals surface area contributed by atoms with E-state index in [0.717, 1.165) is 5.56 Å². The molecule has 1 aliphatic heterocycles. The fourth-order valence-corrected chi connectivity index (χ4v) is 2.49. The number of rotatable bonds is 2. The van der Waals surface area contributed by atoms with E-state index in [0.29, 0.717) is 24.5 Å². The lowest BCUT2D eigenvalue weighted by molar-refractivity contribution is -0.136. The van der Waals surface area contributed by atoms with E-state index in [9.17, 15) is 9.59 Å². The Morgan fingerprint density at radius 1 is 1.43 bits per heavy atom. The Morgan fingerprint density at radius 2 is 2.14 bits per heavy atom. The molecule has 1 aliphatic rings. The summed E-state index contributed by atoms with van der Waals surface area (Å²) in [4.78, 5) is 30.2. The van der Waals surface area contributed by atoms with Crippen molar-refractivity contribution in [2.75, 3.05) is 6.54 Å². The third-order valence-corrected chi connectivity index (χ3v) is 3.90. The van der Waals surface area contributed by atoms with Crippen molar-refractivity contribution >= 4 is 23.4 Å². The second kappa shape index (κ2) is 6.02. The minimum Gasteiger partial charge on any atom is -0.344 e. The van der Waals surface area contributed by atoms with Crippen molar-refractivity contribution in [1.29, 1.82) is 0 Å². The predicted octanol–water partition coefficient (Wildman–Crippen LogP) is 2.00. The van der Waals surface area contributed by atoms with E-state index in [2.05, 4.69) is 10.3 Å². The van der Waals surface area contributed by atoms with E-state index in [-0.39, 0.29) is 17.2 Å². The third-order valence-electron chi connectivity index (χ3n) is 3.56. The van der Waals surface area contributed by atoms with E-state index < -0.39 is 6.04 Å². The van der Waals surface area contributed by atoms with Gasteiger partial charge in [-0.05, 0) is 17.0 Å². The lowest BCUT2D eigenvalue weighted by Gasteiger charge is -2.32. The Balaban J connectivity index is 2.24. The van der Waals surface area contributed by atoms with Crippen LogP contribution in [0.5, 0.6) is 0 Å². The van der Waals surface area contributed by atoms with Gasteiger partial charge in [0.1, 0.15) is 6.04 Å². The molecule has 5 nitrogen and oxygen atoms in total. The predicted molar refractivity (Wildman–Crippen MR) is 80.7 cm³/mol. The molecule has 1 atom stereocenters. The largest absolute Gasteiger partial charge is 0.344 e. The SMILES string of the molecule is CC(C)(C)C1NC(=O)CCN(Cc2ccncc2Cl)C1=O. The van der Waals surface area contributed by atoms with Crippen LogP contribution in [-0.4, -0.2) is 34.3 Å². The number of aromatic nitrogens is 1. The zero-order valence-corrected chi connectivity index (χ0v) is 13.3. The number of halogens is 1. The summed E-state index contributed by atoms with van der Waals surface area (Å²) < 4.78 is 0. The first-order chi connectivity index (χ1) is 9.79. The number of pyridine rings is 1. The summed E-state index contributed by atoms with van der Waals surface area (Å²) in [7, 11) is 0. The van der Waals surface area contributed by atoms with Crippen molar-refractivity contribution in [3.8, 4) is 0 Å². The molecule has 1 unspecified atom stereocenters. The Morgan fingerprint density at radius 3 is 2.76 bits per heavy atom. The molecule has 21 heavy (non-hydrogen) atoms. The summed E-state index contributed by atoms with van der Waals surface area (Å²) in [6, 6.07) is 1.27. The van der Waals surface area contributed by atoms with Gasteiger partial charge in [0.15, 0.2) is 0 Å². The second-order valence-electron chi connectivity index (χ2n) is 6.34. The van der Waals surface area contributed by atoms with Gasteiger partial charge >= 0.3 is 0 Å². The Kier molecular flexibility index (Phi) is 4.52.